The van der Waals surface area contributed by atoms with Crippen LogP contribution in [0.2, 0.25) is 0 Å². The van der Waals surface area contributed by atoms with E-state index in [0.717, 1.165) is 12.1 Å². The van der Waals surface area contributed by atoms with Gasteiger partial charge in [0.25, 0.3) is 0 Å². The van der Waals surface area contributed by atoms with E-state index >= 15 is 0 Å². The van der Waals surface area contributed by atoms with Crippen LogP contribution in [0.15, 0.2) is 24.3 Å². The van der Waals surface area contributed by atoms with Crippen LogP contribution in [0.1, 0.15) is 36.3 Å². The number of rotatable bonds is 3. The molecule has 23 heavy (non-hydrogen) atoms. The minimum Gasteiger partial charge on any atom is -0.480 e. The van der Waals surface area contributed by atoms with Gasteiger partial charge in [-0.3, -0.25) is 4.79 Å². The van der Waals surface area contributed by atoms with Gasteiger partial charge >= 0.3 is 12.1 Å². The van der Waals surface area contributed by atoms with Crippen LogP contribution in [0.25, 0.3) is 0 Å². The summed E-state index contributed by atoms with van der Waals surface area (Å²) in [5, 5.41) is 9.12. The highest BCUT2D eigenvalue weighted by molar-refractivity contribution is 5.88. The number of amides is 1. The number of hydrogen-bond donors (Lipinski definition) is 1. The Morgan fingerprint density at radius 2 is 2.00 bits per heavy atom. The summed E-state index contributed by atoms with van der Waals surface area (Å²) in [4.78, 5) is 24.9. The monoisotopic (exact) mass is 327 g/mol. The van der Waals surface area contributed by atoms with Crippen molar-refractivity contribution in [2.24, 2.45) is 5.92 Å². The largest absolute Gasteiger partial charge is 0.480 e. The van der Waals surface area contributed by atoms with Crippen LogP contribution in [0.3, 0.4) is 0 Å². The average Bonchev–Trinajstić information content (AvgIpc) is 3.13. The number of halogens is 3. The third-order valence-corrected chi connectivity index (χ3v) is 4.57. The third kappa shape index (κ3) is 3.04. The molecular formula is C16H16F3NO3. The summed E-state index contributed by atoms with van der Waals surface area (Å²) in [5.41, 5.74) is -0.234. The van der Waals surface area contributed by atoms with Gasteiger partial charge in [0.15, 0.2) is 0 Å². The van der Waals surface area contributed by atoms with E-state index < -0.39 is 29.7 Å². The topological polar surface area (TPSA) is 57.6 Å². The van der Waals surface area contributed by atoms with Crippen LogP contribution < -0.4 is 0 Å². The van der Waals surface area contributed by atoms with Crippen LogP contribution in [-0.4, -0.2) is 34.5 Å². The fourth-order valence-electron chi connectivity index (χ4n) is 3.28. The van der Waals surface area contributed by atoms with Crippen molar-refractivity contribution in [1.82, 2.24) is 4.90 Å². The Bertz CT molecular complexity index is 644. The molecule has 2 aliphatic rings. The lowest BCUT2D eigenvalue weighted by molar-refractivity contribution is -0.148. The van der Waals surface area contributed by atoms with Crippen molar-refractivity contribution in [2.75, 3.05) is 6.54 Å². The van der Waals surface area contributed by atoms with Crippen molar-refractivity contribution in [3.05, 3.63) is 35.4 Å². The number of nitrogens with zero attached hydrogens (tertiary/aromatic N) is 1. The molecule has 1 heterocycles. The Hall–Kier alpha value is -2.05. The quantitative estimate of drug-likeness (QED) is 0.929. The van der Waals surface area contributed by atoms with E-state index in [-0.39, 0.29) is 11.8 Å². The number of carbonyl (C=O) groups excluding carboxylic acids is 1. The number of carbonyl (C=O) groups is 2. The highest BCUT2D eigenvalue weighted by Crippen LogP contribution is 2.49. The molecule has 3 rings (SSSR count). The van der Waals surface area contributed by atoms with Gasteiger partial charge in [0.1, 0.15) is 6.04 Å². The lowest BCUT2D eigenvalue weighted by Crippen LogP contribution is -2.41. The van der Waals surface area contributed by atoms with Crippen molar-refractivity contribution < 1.29 is 27.9 Å². The second kappa shape index (κ2) is 5.54. The first-order chi connectivity index (χ1) is 10.8. The number of carboxylic acids is 1. The van der Waals surface area contributed by atoms with Crippen molar-refractivity contribution in [2.45, 2.75) is 37.4 Å². The van der Waals surface area contributed by atoms with E-state index in [9.17, 15) is 22.8 Å². The lowest BCUT2D eigenvalue weighted by Gasteiger charge is -2.21. The molecule has 0 aromatic heterocycles. The fourth-order valence-corrected chi connectivity index (χ4v) is 3.28. The van der Waals surface area contributed by atoms with Gasteiger partial charge < -0.3 is 10.0 Å². The Kier molecular flexibility index (Phi) is 3.82. The molecule has 1 N–H and O–H groups in total. The number of carboxylic acid groups (broad SMARTS) is 1. The molecule has 0 radical (unpaired) electrons. The second-order valence-corrected chi connectivity index (χ2v) is 6.10. The van der Waals surface area contributed by atoms with E-state index in [4.69, 9.17) is 5.11 Å². The van der Waals surface area contributed by atoms with Gasteiger partial charge in [-0.25, -0.2) is 4.79 Å². The summed E-state index contributed by atoms with van der Waals surface area (Å²) in [6, 6.07) is 4.21. The van der Waals surface area contributed by atoms with Gasteiger partial charge in [-0.05, 0) is 36.8 Å². The number of alkyl halides is 3. The molecule has 2 fully saturated rings. The van der Waals surface area contributed by atoms with E-state index in [0.29, 0.717) is 31.4 Å². The normalized spacial score (nSPS) is 27.1. The van der Waals surface area contributed by atoms with Crippen LogP contribution in [-0.2, 0) is 15.8 Å². The standard InChI is InChI=1S/C16H16F3NO3/c17-16(18,19)10-4-1-3-9(7-10)11-8-12(11)14(21)20-6-2-5-13(20)15(22)23/h1,3-4,7,11-13H,2,5-6,8H2,(H,22,23)/t11-,12-,13+/m0/s1. The first-order valence-corrected chi connectivity index (χ1v) is 7.49. The second-order valence-electron chi connectivity index (χ2n) is 6.10. The summed E-state index contributed by atoms with van der Waals surface area (Å²) in [5.74, 6) is -1.93. The van der Waals surface area contributed by atoms with Gasteiger partial charge in [-0.1, -0.05) is 18.2 Å². The number of aliphatic carboxylic acids is 1. The van der Waals surface area contributed by atoms with Gasteiger partial charge in [0.2, 0.25) is 5.91 Å². The molecule has 1 amide bonds. The Labute approximate surface area is 130 Å². The Morgan fingerprint density at radius 3 is 2.65 bits per heavy atom. The summed E-state index contributed by atoms with van der Waals surface area (Å²) >= 11 is 0. The lowest BCUT2D eigenvalue weighted by atomic mass is 10.0. The predicted octanol–water partition coefficient (Wildman–Crippen LogP) is 2.88. The zero-order valence-electron chi connectivity index (χ0n) is 12.2. The van der Waals surface area contributed by atoms with Gasteiger partial charge in [0, 0.05) is 12.5 Å². The fraction of sp³-hybridized carbons (Fsp3) is 0.500. The van der Waals surface area contributed by atoms with Gasteiger partial charge in [-0.15, -0.1) is 0 Å². The first-order valence-electron chi connectivity index (χ1n) is 7.49. The molecule has 0 unspecified atom stereocenters. The smallest absolute Gasteiger partial charge is 0.416 e. The molecule has 1 aromatic rings. The van der Waals surface area contributed by atoms with Crippen molar-refractivity contribution in [3.8, 4) is 0 Å². The van der Waals surface area contributed by atoms with Crippen molar-refractivity contribution in [3.63, 3.8) is 0 Å². The van der Waals surface area contributed by atoms with Crippen molar-refractivity contribution in [1.29, 1.82) is 0 Å². The minimum atomic E-state index is -4.41. The summed E-state index contributed by atoms with van der Waals surface area (Å²) < 4.78 is 38.3. The summed E-state index contributed by atoms with van der Waals surface area (Å²) in [6.07, 6.45) is -2.86. The van der Waals surface area contributed by atoms with Gasteiger partial charge in [-0.2, -0.15) is 13.2 Å². The maximum atomic E-state index is 12.8. The summed E-state index contributed by atoms with van der Waals surface area (Å²) in [7, 11) is 0. The molecule has 1 aliphatic carbocycles. The van der Waals surface area contributed by atoms with Gasteiger partial charge in [0.05, 0.1) is 5.56 Å². The zero-order chi connectivity index (χ0) is 16.8. The highest BCUT2D eigenvalue weighted by Gasteiger charge is 2.49. The summed E-state index contributed by atoms with van der Waals surface area (Å²) in [6.45, 7) is 0.404. The van der Waals surface area contributed by atoms with Crippen LogP contribution >= 0.6 is 0 Å². The van der Waals surface area contributed by atoms with Crippen LogP contribution in [0.5, 0.6) is 0 Å². The predicted molar refractivity (Wildman–Crippen MR) is 74.7 cm³/mol. The molecule has 4 nitrogen and oxygen atoms in total. The molecule has 1 aromatic carbocycles. The Balaban J connectivity index is 1.72. The number of benzene rings is 1. The molecule has 1 saturated carbocycles. The Morgan fingerprint density at radius 1 is 1.26 bits per heavy atom. The molecule has 124 valence electrons. The van der Waals surface area contributed by atoms with E-state index in [1.807, 2.05) is 0 Å². The number of hydrogen-bond acceptors (Lipinski definition) is 2. The van der Waals surface area contributed by atoms with E-state index in [1.165, 1.54) is 11.0 Å². The highest BCUT2D eigenvalue weighted by atomic mass is 19.4. The van der Waals surface area contributed by atoms with E-state index in [2.05, 4.69) is 0 Å². The molecule has 1 aliphatic heterocycles. The molecule has 7 heteroatoms. The maximum absolute atomic E-state index is 12.8. The van der Waals surface area contributed by atoms with E-state index in [1.54, 1.807) is 6.07 Å². The van der Waals surface area contributed by atoms with Crippen molar-refractivity contribution >= 4 is 11.9 Å². The molecule has 0 spiro atoms. The minimum absolute atomic E-state index is 0.250. The molecule has 3 atom stereocenters. The maximum Gasteiger partial charge on any atom is 0.416 e. The SMILES string of the molecule is O=C(O)[C@H]1CCCN1C(=O)[C@H]1C[C@H]1c1cccc(C(F)(F)F)c1. The first kappa shape index (κ1) is 15.8. The number of likely N-dealkylation sites (tertiary alicyclic amines) is 1. The zero-order valence-corrected chi connectivity index (χ0v) is 12.2. The average molecular weight is 327 g/mol. The molecular weight excluding hydrogens is 311 g/mol. The van der Waals surface area contributed by atoms with Crippen LogP contribution in [0, 0.1) is 5.92 Å². The third-order valence-electron chi connectivity index (χ3n) is 4.57. The molecule has 0 bridgehead atoms. The molecule has 1 saturated heterocycles. The van der Waals surface area contributed by atoms with Crippen LogP contribution in [0.4, 0.5) is 13.2 Å².